The van der Waals surface area contributed by atoms with Gasteiger partial charge in [-0.3, -0.25) is 0 Å². The molecule has 70 valence electrons. The Balaban J connectivity index is 1.82. The van der Waals surface area contributed by atoms with Gasteiger partial charge in [-0.1, -0.05) is 30.3 Å². The van der Waals surface area contributed by atoms with E-state index < -0.39 is 12.0 Å². The molecule has 0 aliphatic heterocycles. The highest BCUT2D eigenvalue weighted by Crippen LogP contribution is 2.44. The normalized spacial score (nSPS) is 24.3. The van der Waals surface area contributed by atoms with Gasteiger partial charge in [0.1, 0.15) is 6.10 Å². The van der Waals surface area contributed by atoms with Crippen molar-refractivity contribution in [1.29, 1.82) is 0 Å². The summed E-state index contributed by atoms with van der Waals surface area (Å²) in [6, 6.07) is 9.34. The van der Waals surface area contributed by atoms with Crippen molar-refractivity contribution in [2.75, 3.05) is 0 Å². The molecule has 13 heavy (non-hydrogen) atoms. The monoisotopic (exact) mass is 184 g/mol. The maximum Gasteiger partial charge on any atom is 0.276 e. The fourth-order valence-corrected chi connectivity index (χ4v) is 1.14. The predicted molar refractivity (Wildman–Crippen MR) is 44.6 cm³/mol. The largest absolute Gasteiger partial charge is 0.367 e. The summed E-state index contributed by atoms with van der Waals surface area (Å²) in [5.41, 5.74) is 0.935. The molecule has 1 atom stereocenters. The van der Waals surface area contributed by atoms with Crippen LogP contribution in [0, 0.1) is 0 Å². The molecule has 0 saturated heterocycles. The van der Waals surface area contributed by atoms with E-state index in [-0.39, 0.29) is 13.0 Å². The van der Waals surface area contributed by atoms with Crippen LogP contribution in [0.15, 0.2) is 30.3 Å². The van der Waals surface area contributed by atoms with Gasteiger partial charge in [-0.05, 0) is 5.56 Å². The first kappa shape index (κ1) is 8.63. The molecule has 2 rings (SSSR count). The molecule has 1 aromatic rings. The third kappa shape index (κ3) is 2.04. The third-order valence-corrected chi connectivity index (χ3v) is 2.06. The van der Waals surface area contributed by atoms with E-state index in [0.717, 1.165) is 5.56 Å². The molecular formula is C10H10F2O. The minimum atomic E-state index is -2.57. The van der Waals surface area contributed by atoms with E-state index in [1.807, 2.05) is 30.3 Å². The highest BCUT2D eigenvalue weighted by atomic mass is 19.3. The number of hydrogen-bond donors (Lipinski definition) is 0. The van der Waals surface area contributed by atoms with E-state index in [4.69, 9.17) is 4.74 Å². The maximum atomic E-state index is 12.4. The second-order valence-electron chi connectivity index (χ2n) is 3.25. The molecule has 1 unspecified atom stereocenters. The average Bonchev–Trinajstić information content (AvgIpc) is 2.73. The van der Waals surface area contributed by atoms with Gasteiger partial charge in [-0.2, -0.15) is 0 Å². The minimum absolute atomic E-state index is 0.125. The Bertz CT molecular complexity index is 284. The van der Waals surface area contributed by atoms with Gasteiger partial charge in [-0.15, -0.1) is 0 Å². The molecule has 1 saturated carbocycles. The zero-order chi connectivity index (χ0) is 9.31. The molecule has 0 amide bonds. The predicted octanol–water partition coefficient (Wildman–Crippen LogP) is 2.61. The third-order valence-electron chi connectivity index (χ3n) is 2.06. The minimum Gasteiger partial charge on any atom is -0.367 e. The Kier molecular flexibility index (Phi) is 2.04. The first-order valence-corrected chi connectivity index (χ1v) is 4.22. The first-order chi connectivity index (χ1) is 6.18. The van der Waals surface area contributed by atoms with Crippen molar-refractivity contribution in [2.24, 2.45) is 0 Å². The maximum absolute atomic E-state index is 12.4. The van der Waals surface area contributed by atoms with E-state index in [1.54, 1.807) is 0 Å². The van der Waals surface area contributed by atoms with E-state index >= 15 is 0 Å². The summed E-state index contributed by atoms with van der Waals surface area (Å²) in [6.07, 6.45) is -0.979. The quantitative estimate of drug-likeness (QED) is 0.701. The lowest BCUT2D eigenvalue weighted by atomic mass is 10.2. The van der Waals surface area contributed by atoms with Gasteiger partial charge in [0.2, 0.25) is 0 Å². The number of hydrogen-bond acceptors (Lipinski definition) is 1. The molecule has 3 heteroatoms. The smallest absolute Gasteiger partial charge is 0.276 e. The van der Waals surface area contributed by atoms with Crippen LogP contribution >= 0.6 is 0 Å². The standard InChI is InChI=1S/C10H10F2O/c11-10(12)6-9(10)13-7-8-4-2-1-3-5-8/h1-5,9H,6-7H2. The summed E-state index contributed by atoms with van der Waals surface area (Å²) in [6.45, 7) is 0.279. The molecular weight excluding hydrogens is 174 g/mol. The van der Waals surface area contributed by atoms with E-state index in [0.29, 0.717) is 0 Å². The van der Waals surface area contributed by atoms with E-state index in [2.05, 4.69) is 0 Å². The first-order valence-electron chi connectivity index (χ1n) is 4.22. The molecule has 1 nitrogen and oxygen atoms in total. The molecule has 0 N–H and O–H groups in total. The fourth-order valence-electron chi connectivity index (χ4n) is 1.14. The molecule has 1 fully saturated rings. The molecule has 0 bridgehead atoms. The van der Waals surface area contributed by atoms with Crippen LogP contribution in [0.2, 0.25) is 0 Å². The lowest BCUT2D eigenvalue weighted by Gasteiger charge is -2.02. The van der Waals surface area contributed by atoms with Gasteiger partial charge in [0.05, 0.1) is 6.61 Å². The molecule has 0 aromatic heterocycles. The molecule has 1 aliphatic rings. The Morgan fingerprint density at radius 3 is 2.46 bits per heavy atom. The summed E-state index contributed by atoms with van der Waals surface area (Å²) in [5, 5.41) is 0. The average molecular weight is 184 g/mol. The second-order valence-corrected chi connectivity index (χ2v) is 3.25. The van der Waals surface area contributed by atoms with Crippen LogP contribution < -0.4 is 0 Å². The number of rotatable bonds is 3. The Morgan fingerprint density at radius 2 is 1.92 bits per heavy atom. The van der Waals surface area contributed by atoms with Gasteiger partial charge in [0.15, 0.2) is 0 Å². The van der Waals surface area contributed by atoms with E-state index in [9.17, 15) is 8.78 Å². The van der Waals surface area contributed by atoms with Crippen molar-refractivity contribution in [3.8, 4) is 0 Å². The van der Waals surface area contributed by atoms with Crippen LogP contribution in [0.25, 0.3) is 0 Å². The summed E-state index contributed by atoms with van der Waals surface area (Å²) in [4.78, 5) is 0. The van der Waals surface area contributed by atoms with Crippen molar-refractivity contribution in [2.45, 2.75) is 25.1 Å². The highest BCUT2D eigenvalue weighted by molar-refractivity contribution is 5.13. The van der Waals surface area contributed by atoms with Crippen LogP contribution in [0.4, 0.5) is 8.78 Å². The lowest BCUT2D eigenvalue weighted by Crippen LogP contribution is -2.03. The summed E-state index contributed by atoms with van der Waals surface area (Å²) < 4.78 is 29.8. The van der Waals surface area contributed by atoms with Gasteiger partial charge in [-0.25, -0.2) is 8.78 Å². The number of ether oxygens (including phenoxy) is 1. The van der Waals surface area contributed by atoms with Crippen molar-refractivity contribution in [1.82, 2.24) is 0 Å². The van der Waals surface area contributed by atoms with Crippen LogP contribution in [-0.2, 0) is 11.3 Å². The topological polar surface area (TPSA) is 9.23 Å². The number of alkyl halides is 2. The summed E-state index contributed by atoms with van der Waals surface area (Å²) in [7, 11) is 0. The number of benzene rings is 1. The van der Waals surface area contributed by atoms with Gasteiger partial charge < -0.3 is 4.74 Å². The zero-order valence-corrected chi connectivity index (χ0v) is 7.04. The summed E-state index contributed by atoms with van der Waals surface area (Å²) in [5.74, 6) is -2.57. The second kappa shape index (κ2) is 3.07. The zero-order valence-electron chi connectivity index (χ0n) is 7.04. The van der Waals surface area contributed by atoms with Crippen molar-refractivity contribution in [3.63, 3.8) is 0 Å². The molecule has 1 aliphatic carbocycles. The summed E-state index contributed by atoms with van der Waals surface area (Å²) >= 11 is 0. The van der Waals surface area contributed by atoms with Crippen LogP contribution in [0.3, 0.4) is 0 Å². The highest BCUT2D eigenvalue weighted by Gasteiger charge is 2.58. The lowest BCUT2D eigenvalue weighted by molar-refractivity contribution is 0.00610. The molecule has 0 spiro atoms. The van der Waals surface area contributed by atoms with E-state index in [1.165, 1.54) is 0 Å². The van der Waals surface area contributed by atoms with Crippen LogP contribution in [0.5, 0.6) is 0 Å². The van der Waals surface area contributed by atoms with Gasteiger partial charge in [0, 0.05) is 6.42 Å². The Morgan fingerprint density at radius 1 is 1.31 bits per heavy atom. The number of halogens is 2. The van der Waals surface area contributed by atoms with Crippen LogP contribution in [-0.4, -0.2) is 12.0 Å². The van der Waals surface area contributed by atoms with Crippen LogP contribution in [0.1, 0.15) is 12.0 Å². The van der Waals surface area contributed by atoms with Crippen molar-refractivity contribution in [3.05, 3.63) is 35.9 Å². The van der Waals surface area contributed by atoms with Crippen molar-refractivity contribution >= 4 is 0 Å². The molecule has 0 heterocycles. The Labute approximate surface area is 75.3 Å². The fraction of sp³-hybridized carbons (Fsp3) is 0.400. The SMILES string of the molecule is FC1(F)CC1OCc1ccccc1. The van der Waals surface area contributed by atoms with Gasteiger partial charge >= 0.3 is 0 Å². The molecule has 1 aromatic carbocycles. The van der Waals surface area contributed by atoms with Gasteiger partial charge in [0.25, 0.3) is 5.92 Å². The molecule has 0 radical (unpaired) electrons. The Hall–Kier alpha value is -0.960. The van der Waals surface area contributed by atoms with Crippen molar-refractivity contribution < 1.29 is 13.5 Å².